The molecule has 0 saturated carbocycles. The Morgan fingerprint density at radius 1 is 0.702 bits per heavy atom. The third-order valence-corrected chi connectivity index (χ3v) is 9.31. The first kappa shape index (κ1) is 36.6. The summed E-state index contributed by atoms with van der Waals surface area (Å²) in [6.45, 7) is 1.82. The van der Waals surface area contributed by atoms with Crippen molar-refractivity contribution < 1.29 is 58.7 Å². The summed E-state index contributed by atoms with van der Waals surface area (Å²) in [7, 11) is 0. The monoisotopic (exact) mass is 670 g/mol. The minimum absolute atomic E-state index is 0.0666. The van der Waals surface area contributed by atoms with Crippen LogP contribution in [0.2, 0.25) is 0 Å². The molecule has 0 spiro atoms. The number of benzene rings is 2. The van der Waals surface area contributed by atoms with Crippen molar-refractivity contribution in [2.45, 2.75) is 51.9 Å². The maximum absolute atomic E-state index is 14.1. The van der Waals surface area contributed by atoms with E-state index in [1.165, 1.54) is 29.5 Å². The standard InChI is InChI=1S/C34H35FO11S/c1-18-2-3-21(12-22(18)13-24-9-10-28(47-24)19-4-7-23(35)8-5-19)34(46)27(17-33(44)45)26(16-32(42)43)25(15-31(40)41)20(14-30(38)39)6-11-29(36)37/h2-5,7-10,12,20,25-27H,6,11,13-17H2,1H3,(H,36,37)(H,38,39)(H,40,41)(H,42,43)(H,44,45)/t20-,25-,26+,27-/m1/s1. The van der Waals surface area contributed by atoms with Gasteiger partial charge >= 0.3 is 29.8 Å². The first-order chi connectivity index (χ1) is 22.1. The molecular formula is C34H35FO11S. The summed E-state index contributed by atoms with van der Waals surface area (Å²) >= 11 is 1.46. The van der Waals surface area contributed by atoms with E-state index >= 15 is 0 Å². The number of carboxylic acid groups (broad SMARTS) is 5. The van der Waals surface area contributed by atoms with E-state index in [4.69, 9.17) is 0 Å². The third kappa shape index (κ3) is 10.8. The molecule has 47 heavy (non-hydrogen) atoms. The van der Waals surface area contributed by atoms with Crippen LogP contribution in [0.25, 0.3) is 10.4 Å². The quantitative estimate of drug-likeness (QED) is 0.0955. The number of carbonyl (C=O) groups excluding carboxylic acids is 1. The van der Waals surface area contributed by atoms with Crippen LogP contribution in [0.4, 0.5) is 4.39 Å². The van der Waals surface area contributed by atoms with Crippen LogP contribution in [-0.4, -0.2) is 61.2 Å². The number of thiophene rings is 1. The van der Waals surface area contributed by atoms with Crippen LogP contribution in [0.3, 0.4) is 0 Å². The van der Waals surface area contributed by atoms with Crippen LogP contribution in [0, 0.1) is 36.4 Å². The molecule has 13 heteroatoms. The zero-order chi connectivity index (χ0) is 34.8. The number of Topliss-reactive ketones (excluding diaryl/α,β-unsaturated/α-hetero) is 1. The molecule has 5 N–H and O–H groups in total. The fraction of sp³-hybridized carbons (Fsp3) is 0.353. The molecule has 3 rings (SSSR count). The van der Waals surface area contributed by atoms with E-state index in [2.05, 4.69) is 0 Å². The molecule has 1 aromatic heterocycles. The summed E-state index contributed by atoms with van der Waals surface area (Å²) in [4.78, 5) is 75.0. The average molecular weight is 671 g/mol. The van der Waals surface area contributed by atoms with Gasteiger partial charge in [0.15, 0.2) is 5.78 Å². The molecule has 250 valence electrons. The summed E-state index contributed by atoms with van der Waals surface area (Å²) in [5.74, 6) is -13.6. The molecule has 0 radical (unpaired) electrons. The topological polar surface area (TPSA) is 204 Å². The van der Waals surface area contributed by atoms with Crippen molar-refractivity contribution in [3.63, 3.8) is 0 Å². The Kier molecular flexibility index (Phi) is 12.9. The van der Waals surface area contributed by atoms with Crippen molar-refractivity contribution in [3.8, 4) is 10.4 Å². The lowest BCUT2D eigenvalue weighted by Gasteiger charge is -2.35. The first-order valence-corrected chi connectivity index (χ1v) is 15.5. The van der Waals surface area contributed by atoms with Gasteiger partial charge in [-0.05, 0) is 78.1 Å². The number of carboxylic acids is 5. The molecule has 0 aliphatic rings. The van der Waals surface area contributed by atoms with E-state index in [-0.39, 0.29) is 17.8 Å². The Bertz CT molecular complexity index is 1630. The van der Waals surface area contributed by atoms with Gasteiger partial charge in [0.1, 0.15) is 5.82 Å². The Balaban J connectivity index is 2.03. The van der Waals surface area contributed by atoms with Gasteiger partial charge in [-0.15, -0.1) is 11.3 Å². The fourth-order valence-corrected chi connectivity index (χ4v) is 6.99. The Morgan fingerprint density at radius 2 is 1.30 bits per heavy atom. The molecule has 4 atom stereocenters. The Labute approximate surface area is 273 Å². The molecule has 0 aliphatic carbocycles. The van der Waals surface area contributed by atoms with Gasteiger partial charge in [0.2, 0.25) is 0 Å². The van der Waals surface area contributed by atoms with Gasteiger partial charge in [-0.2, -0.15) is 0 Å². The first-order valence-electron chi connectivity index (χ1n) is 14.7. The fourth-order valence-electron chi connectivity index (χ4n) is 5.95. The molecule has 0 unspecified atom stereocenters. The molecule has 0 amide bonds. The van der Waals surface area contributed by atoms with Crippen LogP contribution < -0.4 is 0 Å². The molecule has 0 fully saturated rings. The van der Waals surface area contributed by atoms with Crippen LogP contribution in [0.1, 0.15) is 64.9 Å². The number of ketones is 1. The van der Waals surface area contributed by atoms with Crippen molar-refractivity contribution in [3.05, 3.63) is 82.0 Å². The van der Waals surface area contributed by atoms with Crippen LogP contribution >= 0.6 is 11.3 Å². The normalized spacial score (nSPS) is 13.7. The highest BCUT2D eigenvalue weighted by molar-refractivity contribution is 7.15. The number of halogens is 1. The predicted octanol–water partition coefficient (Wildman–Crippen LogP) is 5.86. The van der Waals surface area contributed by atoms with Crippen molar-refractivity contribution >= 4 is 47.0 Å². The zero-order valence-corrected chi connectivity index (χ0v) is 26.2. The minimum atomic E-state index is -1.56. The van der Waals surface area contributed by atoms with E-state index in [0.29, 0.717) is 6.42 Å². The summed E-state index contributed by atoms with van der Waals surface area (Å²) in [6.07, 6.45) is -3.68. The Hall–Kier alpha value is -4.91. The second kappa shape index (κ2) is 16.6. The van der Waals surface area contributed by atoms with Crippen molar-refractivity contribution in [1.29, 1.82) is 0 Å². The lowest BCUT2D eigenvalue weighted by molar-refractivity contribution is -0.146. The van der Waals surface area contributed by atoms with E-state index in [9.17, 15) is 58.7 Å². The SMILES string of the molecule is Cc1ccc(C(=O)[C@H](CC(=O)O)[C@@H](CC(=O)O)[C@H](CC(=O)O)[C@H](CCC(=O)O)CC(=O)O)cc1Cc1ccc(-c2ccc(F)cc2)s1. The third-order valence-electron chi connectivity index (χ3n) is 8.18. The van der Waals surface area contributed by atoms with Gasteiger partial charge in [-0.3, -0.25) is 28.8 Å². The van der Waals surface area contributed by atoms with Crippen LogP contribution in [0.15, 0.2) is 54.6 Å². The maximum atomic E-state index is 14.1. The number of hydrogen-bond donors (Lipinski definition) is 5. The van der Waals surface area contributed by atoms with Gasteiger partial charge in [0.05, 0.1) is 6.42 Å². The smallest absolute Gasteiger partial charge is 0.304 e. The van der Waals surface area contributed by atoms with E-state index in [1.807, 2.05) is 19.1 Å². The van der Waals surface area contributed by atoms with Crippen molar-refractivity contribution in [1.82, 2.24) is 0 Å². The number of hydrogen-bond acceptors (Lipinski definition) is 7. The molecular weight excluding hydrogens is 635 g/mol. The second-order valence-corrected chi connectivity index (χ2v) is 12.6. The van der Waals surface area contributed by atoms with Crippen molar-refractivity contribution in [2.24, 2.45) is 23.7 Å². The summed E-state index contributed by atoms with van der Waals surface area (Å²) in [5, 5.41) is 48.1. The van der Waals surface area contributed by atoms with E-state index in [0.717, 1.165) is 26.4 Å². The molecule has 0 bridgehead atoms. The predicted molar refractivity (Wildman–Crippen MR) is 168 cm³/mol. The van der Waals surface area contributed by atoms with Gasteiger partial charge in [-0.25, -0.2) is 4.39 Å². The lowest BCUT2D eigenvalue weighted by Crippen LogP contribution is -2.38. The lowest BCUT2D eigenvalue weighted by atomic mass is 9.67. The van der Waals surface area contributed by atoms with Gasteiger partial charge < -0.3 is 25.5 Å². The zero-order valence-electron chi connectivity index (χ0n) is 25.4. The van der Waals surface area contributed by atoms with Crippen molar-refractivity contribution in [2.75, 3.05) is 0 Å². The average Bonchev–Trinajstić information content (AvgIpc) is 3.45. The van der Waals surface area contributed by atoms with Crippen LogP contribution in [0.5, 0.6) is 0 Å². The highest BCUT2D eigenvalue weighted by Gasteiger charge is 2.42. The second-order valence-electron chi connectivity index (χ2n) is 11.5. The van der Waals surface area contributed by atoms with Gasteiger partial charge in [0, 0.05) is 53.3 Å². The molecule has 1 heterocycles. The molecule has 2 aromatic carbocycles. The largest absolute Gasteiger partial charge is 0.481 e. The van der Waals surface area contributed by atoms with E-state index < -0.39 is 91.4 Å². The molecule has 11 nitrogen and oxygen atoms in total. The number of aryl methyl sites for hydroxylation is 1. The Morgan fingerprint density at radius 3 is 1.87 bits per heavy atom. The summed E-state index contributed by atoms with van der Waals surface area (Å²) in [5.41, 5.74) is 2.43. The summed E-state index contributed by atoms with van der Waals surface area (Å²) < 4.78 is 13.4. The van der Waals surface area contributed by atoms with Gasteiger partial charge in [0.25, 0.3) is 0 Å². The number of rotatable bonds is 19. The maximum Gasteiger partial charge on any atom is 0.304 e. The number of aliphatic carboxylic acids is 5. The van der Waals surface area contributed by atoms with Crippen LogP contribution in [-0.2, 0) is 30.4 Å². The highest BCUT2D eigenvalue weighted by Crippen LogP contribution is 2.40. The van der Waals surface area contributed by atoms with Gasteiger partial charge in [-0.1, -0.05) is 24.3 Å². The minimum Gasteiger partial charge on any atom is -0.481 e. The molecule has 0 saturated heterocycles. The molecule has 3 aromatic rings. The highest BCUT2D eigenvalue weighted by atomic mass is 32.1. The number of carbonyl (C=O) groups is 6. The molecule has 0 aliphatic heterocycles. The summed E-state index contributed by atoms with van der Waals surface area (Å²) in [6, 6.07) is 14.5. The van der Waals surface area contributed by atoms with E-state index in [1.54, 1.807) is 24.3 Å².